The standard InChI is InChI=1S/C20H36N2O6S.Na/c1-2-3-4-5-6-7-8-9-10-11-19(25)20-21-12-13-22(20,14-15-23)16-18(24)17-29(26,27)28;/h8-9,18,23-24H,2-7,10-17H2,1H3;/q;+1/b9-8+;. The van der Waals surface area contributed by atoms with E-state index in [4.69, 9.17) is 0 Å². The molecule has 1 aliphatic rings. The van der Waals surface area contributed by atoms with Crippen LogP contribution in [0.2, 0.25) is 0 Å². The van der Waals surface area contributed by atoms with Gasteiger partial charge in [-0.15, -0.1) is 0 Å². The fraction of sp³-hybridized carbons (Fsp3) is 0.800. The number of Topliss-reactive ketones (excluding diaryl/α,β-unsaturated/α-hetero) is 1. The zero-order valence-electron chi connectivity index (χ0n) is 18.5. The van der Waals surface area contributed by atoms with Crippen LogP contribution in [0.5, 0.6) is 0 Å². The van der Waals surface area contributed by atoms with Gasteiger partial charge in [-0.3, -0.25) is 9.28 Å². The molecule has 0 fully saturated rings. The van der Waals surface area contributed by atoms with Crippen LogP contribution in [0.4, 0.5) is 0 Å². The van der Waals surface area contributed by atoms with Crippen LogP contribution in [-0.4, -0.2) is 83.9 Å². The Bertz CT molecular complexity index is 668. The Labute approximate surface area is 203 Å². The van der Waals surface area contributed by atoms with Gasteiger partial charge in [0.2, 0.25) is 5.78 Å². The molecule has 0 aromatic heterocycles. The fourth-order valence-corrected chi connectivity index (χ4v) is 4.33. The Balaban J connectivity index is 0.00000841. The number of carbonyl (C=O) groups is 1. The number of unbranched alkanes of at least 4 members (excludes halogenated alkanes) is 5. The van der Waals surface area contributed by atoms with Crippen LogP contribution in [0, 0.1) is 0 Å². The molecule has 0 radical (unpaired) electrons. The molecule has 168 valence electrons. The number of allylic oxidation sites excluding steroid dienone is 2. The second-order valence-corrected chi connectivity index (χ2v) is 9.17. The van der Waals surface area contributed by atoms with Crippen LogP contribution in [0.1, 0.15) is 58.3 Å². The van der Waals surface area contributed by atoms with Crippen molar-refractivity contribution in [1.29, 1.82) is 0 Å². The molecule has 1 aliphatic heterocycles. The van der Waals surface area contributed by atoms with Crippen LogP contribution < -0.4 is 29.6 Å². The molecule has 0 saturated carbocycles. The van der Waals surface area contributed by atoms with E-state index < -0.39 is 22.0 Å². The fourth-order valence-electron chi connectivity index (χ4n) is 3.75. The van der Waals surface area contributed by atoms with Crippen molar-refractivity contribution in [2.24, 2.45) is 4.99 Å². The molecule has 2 N–H and O–H groups in total. The number of hydrogen-bond acceptors (Lipinski definition) is 7. The van der Waals surface area contributed by atoms with Crippen molar-refractivity contribution in [3.8, 4) is 0 Å². The normalized spacial score (nSPS) is 20.2. The van der Waals surface area contributed by atoms with E-state index in [1.165, 1.54) is 25.7 Å². The number of aliphatic hydroxyl groups excluding tert-OH is 2. The molecule has 1 heterocycles. The third-order valence-corrected chi connectivity index (χ3v) is 5.95. The Morgan fingerprint density at radius 2 is 1.90 bits per heavy atom. The number of rotatable bonds is 16. The number of carbonyl (C=O) groups excluding carboxylic acids is 1. The van der Waals surface area contributed by atoms with Gasteiger partial charge in [0.25, 0.3) is 5.84 Å². The third-order valence-electron chi connectivity index (χ3n) is 5.15. The molecule has 0 saturated heterocycles. The molecule has 1 rings (SSSR count). The van der Waals surface area contributed by atoms with Gasteiger partial charge in [-0.25, -0.2) is 13.4 Å². The van der Waals surface area contributed by atoms with Gasteiger partial charge in [-0.1, -0.05) is 44.8 Å². The molecule has 0 aromatic rings. The summed E-state index contributed by atoms with van der Waals surface area (Å²) in [6.45, 7) is 2.73. The van der Waals surface area contributed by atoms with Crippen molar-refractivity contribution in [1.82, 2.24) is 0 Å². The van der Waals surface area contributed by atoms with Crippen LogP contribution in [0.25, 0.3) is 0 Å². The molecule has 2 atom stereocenters. The van der Waals surface area contributed by atoms with E-state index in [1.54, 1.807) is 0 Å². The first-order valence-corrected chi connectivity index (χ1v) is 12.1. The molecule has 8 nitrogen and oxygen atoms in total. The minimum atomic E-state index is -4.58. The number of aliphatic imine (C=N–C) groups is 1. The summed E-state index contributed by atoms with van der Waals surface area (Å²) in [5.74, 6) is -0.823. The number of ketones is 1. The SMILES string of the molecule is CCCCCCC/C=C/CCC(=O)C1=NCC[N+]1(CCO)CC(O)CS(=O)(=O)[O-].[Na+]. The van der Waals surface area contributed by atoms with Crippen molar-refractivity contribution in [3.63, 3.8) is 0 Å². The summed E-state index contributed by atoms with van der Waals surface area (Å²) in [6.07, 6.45) is 10.6. The van der Waals surface area contributed by atoms with Gasteiger partial charge >= 0.3 is 29.6 Å². The van der Waals surface area contributed by atoms with E-state index in [9.17, 15) is 28.0 Å². The van der Waals surface area contributed by atoms with E-state index in [2.05, 4.69) is 18.0 Å². The second kappa shape index (κ2) is 15.6. The average Bonchev–Trinajstić information content (AvgIpc) is 3.01. The average molecular weight is 456 g/mol. The molecule has 0 aliphatic carbocycles. The van der Waals surface area contributed by atoms with Crippen molar-refractivity contribution in [2.75, 3.05) is 38.5 Å². The Morgan fingerprint density at radius 3 is 2.53 bits per heavy atom. The van der Waals surface area contributed by atoms with Crippen LogP contribution >= 0.6 is 0 Å². The maximum atomic E-state index is 12.7. The summed E-state index contributed by atoms with van der Waals surface area (Å²) in [6, 6.07) is 0. The smallest absolute Gasteiger partial charge is 0.748 e. The molecule has 30 heavy (non-hydrogen) atoms. The van der Waals surface area contributed by atoms with Crippen molar-refractivity contribution in [3.05, 3.63) is 12.2 Å². The Morgan fingerprint density at radius 1 is 1.23 bits per heavy atom. The minimum absolute atomic E-state index is 0. The van der Waals surface area contributed by atoms with E-state index in [-0.39, 0.29) is 71.8 Å². The predicted molar refractivity (Wildman–Crippen MR) is 112 cm³/mol. The zero-order valence-corrected chi connectivity index (χ0v) is 21.3. The molecule has 2 unspecified atom stereocenters. The molecule has 0 spiro atoms. The Hall–Kier alpha value is -0.130. The van der Waals surface area contributed by atoms with Gasteiger partial charge < -0.3 is 14.8 Å². The first-order valence-electron chi connectivity index (χ1n) is 10.6. The molecule has 0 aromatic carbocycles. The number of quaternary nitrogens is 1. The maximum absolute atomic E-state index is 12.7. The largest absolute Gasteiger partial charge is 1.00 e. The second-order valence-electron chi connectivity index (χ2n) is 7.72. The minimum Gasteiger partial charge on any atom is -0.748 e. The quantitative estimate of drug-likeness (QED) is 0.0947. The zero-order chi connectivity index (χ0) is 21.8. The predicted octanol–water partition coefficient (Wildman–Crippen LogP) is -1.62. The summed E-state index contributed by atoms with van der Waals surface area (Å²) in [7, 11) is -4.58. The number of hydrogen-bond donors (Lipinski definition) is 2. The van der Waals surface area contributed by atoms with Gasteiger partial charge in [0, 0.05) is 6.42 Å². The van der Waals surface area contributed by atoms with Crippen molar-refractivity contribution >= 4 is 21.7 Å². The molecular weight excluding hydrogens is 419 g/mol. The van der Waals surface area contributed by atoms with Crippen molar-refractivity contribution in [2.45, 2.75) is 64.4 Å². The summed E-state index contributed by atoms with van der Waals surface area (Å²) in [4.78, 5) is 17.0. The van der Waals surface area contributed by atoms with Crippen LogP contribution in [0.3, 0.4) is 0 Å². The number of nitrogens with zero attached hydrogens (tertiary/aromatic N) is 2. The van der Waals surface area contributed by atoms with Crippen molar-refractivity contribution < 1.29 is 62.0 Å². The summed E-state index contributed by atoms with van der Waals surface area (Å²) < 4.78 is 32.7. The molecule has 10 heteroatoms. The van der Waals surface area contributed by atoms with E-state index in [0.717, 1.165) is 12.8 Å². The molecule has 0 bridgehead atoms. The van der Waals surface area contributed by atoms with Gasteiger partial charge in [0.15, 0.2) is 0 Å². The van der Waals surface area contributed by atoms with Crippen LogP contribution in [-0.2, 0) is 14.9 Å². The van der Waals surface area contributed by atoms with Gasteiger partial charge in [-0.05, 0) is 19.3 Å². The Kier molecular flexibility index (Phi) is 15.6. The topological polar surface area (TPSA) is 127 Å². The maximum Gasteiger partial charge on any atom is 1.00 e. The number of aliphatic hydroxyl groups is 2. The van der Waals surface area contributed by atoms with Gasteiger partial charge in [-0.2, -0.15) is 0 Å². The molecular formula is C20H36N2NaO6S+. The summed E-state index contributed by atoms with van der Waals surface area (Å²) >= 11 is 0. The van der Waals surface area contributed by atoms with Gasteiger partial charge in [0.05, 0.1) is 29.0 Å². The summed E-state index contributed by atoms with van der Waals surface area (Å²) in [5.41, 5.74) is 0. The monoisotopic (exact) mass is 455 g/mol. The van der Waals surface area contributed by atoms with Gasteiger partial charge in [0.1, 0.15) is 25.7 Å². The summed E-state index contributed by atoms with van der Waals surface area (Å²) in [5, 5.41) is 19.5. The van der Waals surface area contributed by atoms with Crippen LogP contribution in [0.15, 0.2) is 17.1 Å². The first kappa shape index (κ1) is 29.9. The van der Waals surface area contributed by atoms with E-state index in [0.29, 0.717) is 19.5 Å². The van der Waals surface area contributed by atoms with E-state index in [1.807, 2.05) is 6.08 Å². The third kappa shape index (κ3) is 11.5. The van der Waals surface area contributed by atoms with E-state index >= 15 is 0 Å². The molecule has 0 amide bonds. The number of amidine groups is 1. The first-order chi connectivity index (χ1) is 13.7.